The monoisotopic (exact) mass is 438 g/mol. The normalized spacial score (nSPS) is 48.0. The van der Waals surface area contributed by atoms with Gasteiger partial charge in [-0.05, 0) is 63.5 Å². The number of Topliss-reactive ketones (excluding diaryl/α,β-unsaturated/α-hetero) is 1. The molecule has 0 aromatic rings. The molecule has 4 rings (SSSR count). The highest BCUT2D eigenvalue weighted by Gasteiger charge is 2.75. The maximum absolute atomic E-state index is 16.9. The third-order valence-electron chi connectivity index (χ3n) is 8.79. The molecule has 0 radical (unpaired) electrons. The van der Waals surface area contributed by atoms with E-state index in [1.807, 2.05) is 0 Å². The smallest absolute Gasteiger partial charge is 0.190 e. The number of aliphatic hydroxyl groups excluding tert-OH is 3. The van der Waals surface area contributed by atoms with Gasteiger partial charge in [0.2, 0.25) is 0 Å². The number of allylic oxidation sites excluding steroid dienone is 4. The minimum Gasteiger partial charge on any atom is -0.397 e. The van der Waals surface area contributed by atoms with E-state index in [1.165, 1.54) is 12.2 Å². The van der Waals surface area contributed by atoms with Crippen LogP contribution in [0.25, 0.3) is 0 Å². The Bertz CT molecular complexity index is 823. The van der Waals surface area contributed by atoms with Crippen LogP contribution < -0.4 is 0 Å². The summed E-state index contributed by atoms with van der Waals surface area (Å²) in [6, 6.07) is 0. The molecule has 0 bridgehead atoms. The Kier molecular flexibility index (Phi) is 6.15. The summed E-state index contributed by atoms with van der Waals surface area (Å²) in [7, 11) is 0. The van der Waals surface area contributed by atoms with Gasteiger partial charge in [-0.15, -0.1) is 0 Å². The van der Waals surface area contributed by atoms with Crippen LogP contribution in [-0.4, -0.2) is 62.6 Å². The number of ketones is 2. The third-order valence-corrected chi connectivity index (χ3v) is 8.79. The number of alkyl halides is 1. The second kappa shape index (κ2) is 7.87. The Morgan fingerprint density at radius 3 is 2.45 bits per heavy atom. The summed E-state index contributed by atoms with van der Waals surface area (Å²) in [6.45, 7) is 6.41. The van der Waals surface area contributed by atoms with Gasteiger partial charge in [0.25, 0.3) is 0 Å². The van der Waals surface area contributed by atoms with Crippen LogP contribution >= 0.6 is 0 Å². The molecule has 0 saturated heterocycles. The lowest BCUT2D eigenvalue weighted by Crippen LogP contribution is -2.69. The Morgan fingerprint density at radius 2 is 1.87 bits per heavy atom. The summed E-state index contributed by atoms with van der Waals surface area (Å²) >= 11 is 0. The van der Waals surface area contributed by atoms with Gasteiger partial charge in [0.05, 0.1) is 6.10 Å². The number of rotatable bonds is 2. The Morgan fingerprint density at radius 1 is 1.26 bits per heavy atom. The van der Waals surface area contributed by atoms with Gasteiger partial charge in [0, 0.05) is 23.4 Å². The van der Waals surface area contributed by atoms with Crippen molar-refractivity contribution in [2.24, 2.45) is 28.6 Å². The van der Waals surface area contributed by atoms with Crippen LogP contribution in [0.1, 0.15) is 53.4 Å². The quantitative estimate of drug-likeness (QED) is 0.523. The summed E-state index contributed by atoms with van der Waals surface area (Å²) in [5.41, 5.74) is -5.17. The highest BCUT2D eigenvalue weighted by molar-refractivity contribution is 6.01. The molecule has 6 nitrogen and oxygen atoms in total. The van der Waals surface area contributed by atoms with Crippen molar-refractivity contribution in [3.8, 4) is 0 Å². The molecule has 0 heterocycles. The highest BCUT2D eigenvalue weighted by Crippen LogP contribution is 2.70. The van der Waals surface area contributed by atoms with E-state index in [0.29, 0.717) is 24.8 Å². The van der Waals surface area contributed by atoms with Crippen molar-refractivity contribution in [2.75, 3.05) is 13.2 Å². The first-order valence-electron chi connectivity index (χ1n) is 11.2. The number of halogens is 1. The summed E-state index contributed by atoms with van der Waals surface area (Å²) in [5.74, 6) is -2.12. The van der Waals surface area contributed by atoms with Gasteiger partial charge in [-0.2, -0.15) is 0 Å². The zero-order valence-corrected chi connectivity index (χ0v) is 18.8. The van der Waals surface area contributed by atoms with Gasteiger partial charge < -0.3 is 20.4 Å². The molecule has 31 heavy (non-hydrogen) atoms. The molecule has 4 N–H and O–H groups in total. The topological polar surface area (TPSA) is 115 Å². The predicted molar refractivity (Wildman–Crippen MR) is 113 cm³/mol. The molecule has 8 atom stereocenters. The molecule has 0 unspecified atom stereocenters. The number of fused-ring (bicyclic) bond motifs is 5. The number of hydrogen-bond acceptors (Lipinski definition) is 6. The van der Waals surface area contributed by atoms with Crippen molar-refractivity contribution in [3.05, 3.63) is 23.8 Å². The Balaban J connectivity index is 0.000000858. The zero-order valence-electron chi connectivity index (χ0n) is 18.8. The minimum atomic E-state index is -1.98. The fraction of sp³-hybridized carbons (Fsp3) is 0.750. The maximum atomic E-state index is 16.9. The SMILES string of the molecule is CCO.C[C@@H]1C[C@H]2[C@@H]3CCC4=CC(=O)C=C[C@]4(C)[C@@]3(F)[C@@H](O)C[C@]2(C)[C@@]1(O)C(=O)CO. The minimum absolute atomic E-state index is 0.0676. The summed E-state index contributed by atoms with van der Waals surface area (Å²) < 4.78 is 16.9. The lowest BCUT2D eigenvalue weighted by atomic mass is 9.44. The molecule has 4 aliphatic rings. The van der Waals surface area contributed by atoms with E-state index in [1.54, 1.807) is 33.8 Å². The van der Waals surface area contributed by atoms with Crippen LogP contribution in [0.5, 0.6) is 0 Å². The van der Waals surface area contributed by atoms with Gasteiger partial charge in [0.1, 0.15) is 12.2 Å². The molecular weight excluding hydrogens is 403 g/mol. The largest absolute Gasteiger partial charge is 0.397 e. The van der Waals surface area contributed by atoms with Crippen LogP contribution in [0.2, 0.25) is 0 Å². The van der Waals surface area contributed by atoms with E-state index in [0.717, 1.165) is 0 Å². The van der Waals surface area contributed by atoms with Crippen molar-refractivity contribution in [2.45, 2.75) is 70.8 Å². The predicted octanol–water partition coefficient (Wildman–Crippen LogP) is 1.89. The fourth-order valence-electron chi connectivity index (χ4n) is 7.26. The maximum Gasteiger partial charge on any atom is 0.190 e. The zero-order chi connectivity index (χ0) is 23.4. The van der Waals surface area contributed by atoms with E-state index in [4.69, 9.17) is 5.11 Å². The van der Waals surface area contributed by atoms with Gasteiger partial charge in [-0.3, -0.25) is 9.59 Å². The second-order valence-electron chi connectivity index (χ2n) is 10.1. The van der Waals surface area contributed by atoms with Crippen molar-refractivity contribution in [1.82, 2.24) is 0 Å². The van der Waals surface area contributed by atoms with E-state index in [-0.39, 0.29) is 24.7 Å². The number of carbonyl (C=O) groups excluding carboxylic acids is 2. The summed E-state index contributed by atoms with van der Waals surface area (Å²) in [4.78, 5) is 24.4. The van der Waals surface area contributed by atoms with Crippen molar-refractivity contribution < 1.29 is 34.4 Å². The molecule has 3 fully saturated rings. The van der Waals surface area contributed by atoms with Gasteiger partial charge >= 0.3 is 0 Å². The van der Waals surface area contributed by atoms with E-state index < -0.39 is 52.4 Å². The summed E-state index contributed by atoms with van der Waals surface area (Å²) in [5, 5.41) is 39.5. The second-order valence-corrected chi connectivity index (χ2v) is 10.1. The fourth-order valence-corrected chi connectivity index (χ4v) is 7.26. The molecule has 0 spiro atoms. The molecule has 0 aromatic carbocycles. The van der Waals surface area contributed by atoms with Crippen molar-refractivity contribution in [3.63, 3.8) is 0 Å². The van der Waals surface area contributed by atoms with E-state index in [2.05, 4.69) is 0 Å². The van der Waals surface area contributed by atoms with Gasteiger partial charge in [-0.25, -0.2) is 4.39 Å². The van der Waals surface area contributed by atoms with Crippen LogP contribution in [0.3, 0.4) is 0 Å². The highest BCUT2D eigenvalue weighted by atomic mass is 19.1. The van der Waals surface area contributed by atoms with Crippen LogP contribution in [0, 0.1) is 28.6 Å². The van der Waals surface area contributed by atoms with Gasteiger partial charge in [0.15, 0.2) is 17.2 Å². The molecule has 0 aromatic heterocycles. The molecular formula is C24H35FO6. The average molecular weight is 439 g/mol. The third kappa shape index (κ3) is 2.96. The standard InChI is InChI=1S/C22H29FO5.C2H6O/c1-12-8-16-15-5-4-13-9-14(25)6-7-19(13,2)21(15,23)17(26)10-20(16,3)22(12,28)18(27)11-24;1-2-3/h6-7,9,12,15-17,24,26,28H,4-5,8,10-11H2,1-3H3;3H,2H2,1H3/t12-,15+,16+,17+,19+,20+,21+,22+;/m1./s1. The lowest BCUT2D eigenvalue weighted by molar-refractivity contribution is -0.219. The average Bonchev–Trinajstić information content (AvgIpc) is 2.91. The molecule has 3 saturated carbocycles. The van der Waals surface area contributed by atoms with Crippen molar-refractivity contribution >= 4 is 11.6 Å². The Hall–Kier alpha value is -1.41. The molecule has 174 valence electrons. The van der Waals surface area contributed by atoms with Crippen LogP contribution in [-0.2, 0) is 9.59 Å². The van der Waals surface area contributed by atoms with Gasteiger partial charge in [-0.1, -0.05) is 25.5 Å². The van der Waals surface area contributed by atoms with Crippen molar-refractivity contribution in [1.29, 1.82) is 0 Å². The molecule has 4 aliphatic carbocycles. The number of hydrogen-bond donors (Lipinski definition) is 4. The molecule has 0 aliphatic heterocycles. The van der Waals surface area contributed by atoms with Crippen LogP contribution in [0.15, 0.2) is 23.8 Å². The Labute approximate surface area is 182 Å². The number of carbonyl (C=O) groups is 2. The molecule has 0 amide bonds. The molecule has 7 heteroatoms. The first-order valence-corrected chi connectivity index (χ1v) is 11.2. The lowest BCUT2D eigenvalue weighted by Gasteiger charge is -2.62. The summed E-state index contributed by atoms with van der Waals surface area (Å²) in [6.07, 6.45) is 4.44. The van der Waals surface area contributed by atoms with Crippen LogP contribution in [0.4, 0.5) is 4.39 Å². The first kappa shape index (κ1) is 24.2. The first-order chi connectivity index (χ1) is 14.4. The van der Waals surface area contributed by atoms with E-state index >= 15 is 4.39 Å². The number of aliphatic hydroxyl groups is 4. The van der Waals surface area contributed by atoms with E-state index in [9.17, 15) is 24.9 Å².